The van der Waals surface area contributed by atoms with Gasteiger partial charge in [0.15, 0.2) is 6.10 Å². The van der Waals surface area contributed by atoms with Gasteiger partial charge in [-0.05, 0) is 96.3 Å². The Bertz CT molecular complexity index is 1720. The van der Waals surface area contributed by atoms with E-state index in [1.165, 1.54) is 122 Å². The minimum atomic E-state index is -4.41. The lowest BCUT2D eigenvalue weighted by molar-refractivity contribution is -0.161. The Kier molecular flexibility index (Phi) is 58.3. The summed E-state index contributed by atoms with van der Waals surface area (Å²) in [7, 11) is -4.41. The monoisotopic (exact) mass is 1090 g/mol. The quantitative estimate of drug-likeness (QED) is 0.0264. The number of esters is 2. The first-order valence-electron chi connectivity index (χ1n) is 30.7. The van der Waals surface area contributed by atoms with Gasteiger partial charge in [0.2, 0.25) is 0 Å². The SMILES string of the molecule is CC/C=C\C/C=C\C/C=C\C/C=C\C/C=C\C/C=C\CCC(=O)OC(COC(=O)CCCCCCCCCCCCCCCCCCCCCCC/C=C\C/C=C\C/C=C\C/C=C\C/C=C\CC)COP(=O)(O)OCCN. The third-order valence-corrected chi connectivity index (χ3v) is 13.5. The van der Waals surface area contributed by atoms with Crippen molar-refractivity contribution in [3.8, 4) is 0 Å². The highest BCUT2D eigenvalue weighted by Gasteiger charge is 2.26. The second kappa shape index (κ2) is 61.4. The van der Waals surface area contributed by atoms with Crippen molar-refractivity contribution >= 4 is 19.8 Å². The summed E-state index contributed by atoms with van der Waals surface area (Å²) in [6, 6.07) is 0. The van der Waals surface area contributed by atoms with Crippen molar-refractivity contribution in [2.24, 2.45) is 5.73 Å². The molecular formula is C67H112NO8P. The predicted octanol–water partition coefficient (Wildman–Crippen LogP) is 19.7. The van der Waals surface area contributed by atoms with Crippen LogP contribution in [0.3, 0.4) is 0 Å². The maximum Gasteiger partial charge on any atom is 0.472 e. The number of carbonyl (C=O) groups is 2. The zero-order valence-corrected chi connectivity index (χ0v) is 49.8. The summed E-state index contributed by atoms with van der Waals surface area (Å²) in [5, 5.41) is 0. The van der Waals surface area contributed by atoms with Gasteiger partial charge >= 0.3 is 19.8 Å². The average Bonchev–Trinajstić information content (AvgIpc) is 3.42. The van der Waals surface area contributed by atoms with E-state index < -0.39 is 32.5 Å². The summed E-state index contributed by atoms with van der Waals surface area (Å²) in [5.74, 6) is -0.927. The molecule has 0 saturated heterocycles. The molecule has 9 nitrogen and oxygen atoms in total. The van der Waals surface area contributed by atoms with E-state index in [2.05, 4.69) is 135 Å². The van der Waals surface area contributed by atoms with Crippen molar-refractivity contribution < 1.29 is 37.6 Å². The van der Waals surface area contributed by atoms with E-state index >= 15 is 0 Å². The van der Waals surface area contributed by atoms with Crippen LogP contribution < -0.4 is 5.73 Å². The van der Waals surface area contributed by atoms with Gasteiger partial charge in [-0.1, -0.05) is 270 Å². The number of unbranched alkanes of at least 4 members (excludes halogenated alkanes) is 21. The van der Waals surface area contributed by atoms with Crippen LogP contribution in [0.1, 0.15) is 245 Å². The van der Waals surface area contributed by atoms with Gasteiger partial charge in [-0.2, -0.15) is 0 Å². The van der Waals surface area contributed by atoms with Gasteiger partial charge in [0.05, 0.1) is 13.2 Å². The largest absolute Gasteiger partial charge is 0.472 e. The molecule has 2 unspecified atom stereocenters. The molecule has 0 bridgehead atoms. The number of carbonyl (C=O) groups excluding carboxylic acids is 2. The van der Waals surface area contributed by atoms with E-state index in [1.807, 2.05) is 12.2 Å². The van der Waals surface area contributed by atoms with Crippen molar-refractivity contribution in [1.82, 2.24) is 0 Å². The molecule has 77 heavy (non-hydrogen) atoms. The molecule has 0 aliphatic heterocycles. The topological polar surface area (TPSA) is 134 Å². The number of nitrogens with two attached hydrogens (primary N) is 1. The van der Waals surface area contributed by atoms with Crippen LogP contribution in [0, 0.1) is 0 Å². The second-order valence-electron chi connectivity index (χ2n) is 19.8. The third-order valence-electron chi connectivity index (χ3n) is 12.5. The van der Waals surface area contributed by atoms with Gasteiger partial charge in [0, 0.05) is 19.4 Å². The highest BCUT2D eigenvalue weighted by atomic mass is 31.2. The van der Waals surface area contributed by atoms with Crippen molar-refractivity contribution in [2.45, 2.75) is 251 Å². The Hall–Kier alpha value is -3.85. The Morgan fingerprint density at radius 2 is 0.701 bits per heavy atom. The van der Waals surface area contributed by atoms with E-state index in [4.69, 9.17) is 24.3 Å². The Balaban J connectivity index is 3.92. The average molecular weight is 1090 g/mol. The first-order valence-corrected chi connectivity index (χ1v) is 32.2. The molecule has 3 N–H and O–H groups in total. The fourth-order valence-corrected chi connectivity index (χ4v) is 8.87. The predicted molar refractivity (Wildman–Crippen MR) is 330 cm³/mol. The number of hydrogen-bond donors (Lipinski definition) is 2. The molecule has 0 saturated carbocycles. The smallest absolute Gasteiger partial charge is 0.462 e. The highest BCUT2D eigenvalue weighted by Crippen LogP contribution is 2.43. The van der Waals surface area contributed by atoms with Gasteiger partial charge in [-0.15, -0.1) is 0 Å². The van der Waals surface area contributed by atoms with Crippen LogP contribution in [0.5, 0.6) is 0 Å². The second-order valence-corrected chi connectivity index (χ2v) is 21.3. The number of rotatable bonds is 56. The maximum atomic E-state index is 12.6. The molecule has 0 rings (SSSR count). The Morgan fingerprint density at radius 1 is 0.390 bits per heavy atom. The molecule has 0 aromatic carbocycles. The van der Waals surface area contributed by atoms with Crippen LogP contribution in [0.4, 0.5) is 0 Å². The van der Waals surface area contributed by atoms with Crippen LogP contribution in [-0.4, -0.2) is 49.3 Å². The highest BCUT2D eigenvalue weighted by molar-refractivity contribution is 7.47. The molecule has 0 amide bonds. The molecule has 0 radical (unpaired) electrons. The molecule has 0 heterocycles. The lowest BCUT2D eigenvalue weighted by Gasteiger charge is -2.19. The summed E-state index contributed by atoms with van der Waals surface area (Å²) in [6.45, 7) is 3.43. The normalized spacial score (nSPS) is 14.0. The molecule has 0 fully saturated rings. The number of allylic oxidation sites excluding steroid dienone is 22. The van der Waals surface area contributed by atoms with Crippen LogP contribution in [0.2, 0.25) is 0 Å². The van der Waals surface area contributed by atoms with Gasteiger partial charge in [-0.3, -0.25) is 18.6 Å². The van der Waals surface area contributed by atoms with Crippen LogP contribution in [-0.2, 0) is 32.7 Å². The fraction of sp³-hybridized carbons (Fsp3) is 0.642. The zero-order valence-electron chi connectivity index (χ0n) is 48.9. The molecule has 2 atom stereocenters. The minimum absolute atomic E-state index is 0.0369. The van der Waals surface area contributed by atoms with Gasteiger partial charge in [-0.25, -0.2) is 4.57 Å². The van der Waals surface area contributed by atoms with Crippen molar-refractivity contribution in [1.29, 1.82) is 0 Å². The summed E-state index contributed by atoms with van der Waals surface area (Å²) >= 11 is 0. The molecule has 438 valence electrons. The van der Waals surface area contributed by atoms with E-state index in [0.29, 0.717) is 6.42 Å². The zero-order chi connectivity index (χ0) is 55.9. The minimum Gasteiger partial charge on any atom is -0.462 e. The number of phosphoric ester groups is 1. The van der Waals surface area contributed by atoms with Crippen LogP contribution in [0.25, 0.3) is 0 Å². The number of phosphoric acid groups is 1. The third kappa shape index (κ3) is 61.2. The van der Waals surface area contributed by atoms with E-state index in [-0.39, 0.29) is 32.6 Å². The fourth-order valence-electron chi connectivity index (χ4n) is 8.10. The van der Waals surface area contributed by atoms with Gasteiger partial charge in [0.1, 0.15) is 6.61 Å². The van der Waals surface area contributed by atoms with Crippen molar-refractivity contribution in [3.05, 3.63) is 134 Å². The lowest BCUT2D eigenvalue weighted by Crippen LogP contribution is -2.29. The lowest BCUT2D eigenvalue weighted by atomic mass is 10.0. The number of ether oxygens (including phenoxy) is 2. The van der Waals surface area contributed by atoms with Gasteiger partial charge in [0.25, 0.3) is 0 Å². The summed E-state index contributed by atoms with van der Waals surface area (Å²) in [6.07, 6.45) is 86.9. The first-order chi connectivity index (χ1) is 37.8. The molecule has 0 spiro atoms. The van der Waals surface area contributed by atoms with Crippen LogP contribution in [0.15, 0.2) is 134 Å². The molecule has 0 aliphatic carbocycles. The van der Waals surface area contributed by atoms with Crippen molar-refractivity contribution in [2.75, 3.05) is 26.4 Å². The van der Waals surface area contributed by atoms with Crippen molar-refractivity contribution in [3.63, 3.8) is 0 Å². The molecule has 0 aromatic heterocycles. The molecular weight excluding hydrogens is 978 g/mol. The van der Waals surface area contributed by atoms with E-state index in [1.54, 1.807) is 0 Å². The molecule has 0 aromatic rings. The summed E-state index contributed by atoms with van der Waals surface area (Å²) in [5.41, 5.74) is 5.37. The Morgan fingerprint density at radius 3 is 1.05 bits per heavy atom. The van der Waals surface area contributed by atoms with Crippen LogP contribution >= 0.6 is 7.82 Å². The van der Waals surface area contributed by atoms with E-state index in [0.717, 1.165) is 89.9 Å². The maximum absolute atomic E-state index is 12.6. The van der Waals surface area contributed by atoms with Gasteiger partial charge < -0.3 is 20.1 Å². The molecule has 10 heteroatoms. The Labute approximate surface area is 472 Å². The van der Waals surface area contributed by atoms with E-state index in [9.17, 15) is 19.0 Å². The summed E-state index contributed by atoms with van der Waals surface area (Å²) < 4.78 is 32.9. The standard InChI is InChI=1S/C67H112NO8P/c1-3-5-7-9-11-13-15-17-19-21-23-24-25-26-27-28-29-30-31-32-33-34-35-36-37-38-39-40-42-43-45-47-49-51-53-55-57-59-66(69)73-63-65(64-75-77(71,72)74-62-61-68)76-67(70)60-58-56-54-52-50-48-46-44-41-22-20-18-16-14-12-10-8-6-4-2/h5-8,11-14,17-20,23-24,26-27,41,44,48,50,54,56,65H,3-4,9-10,15-16,21-22,25,28-40,42-43,45-47,49,51-53,55,57-64,68H2,1-2H3,(H,71,72)/b7-5-,8-6-,13-11-,14-12-,19-17-,20-18-,24-23-,27-26-,44-41-,50-48-,56-54-. The first kappa shape index (κ1) is 73.2. The number of hydrogen-bond acceptors (Lipinski definition) is 8. The summed E-state index contributed by atoms with van der Waals surface area (Å²) in [4.78, 5) is 35.1. The molecule has 0 aliphatic rings.